The minimum absolute atomic E-state index is 0.156. The number of para-hydroxylation sites is 1. The van der Waals surface area contributed by atoms with Gasteiger partial charge in [-0.1, -0.05) is 30.3 Å². The van der Waals surface area contributed by atoms with Crippen molar-refractivity contribution in [1.82, 2.24) is 0 Å². The number of furan rings is 1. The van der Waals surface area contributed by atoms with Gasteiger partial charge in [-0.25, -0.2) is 0 Å². The van der Waals surface area contributed by atoms with Crippen molar-refractivity contribution in [2.24, 2.45) is 5.73 Å². The van der Waals surface area contributed by atoms with Crippen LogP contribution in [-0.2, 0) is 16.0 Å². The van der Waals surface area contributed by atoms with E-state index >= 15 is 0 Å². The molecule has 0 saturated carbocycles. The van der Waals surface area contributed by atoms with Crippen molar-refractivity contribution >= 4 is 28.5 Å². The molecule has 0 radical (unpaired) electrons. The summed E-state index contributed by atoms with van der Waals surface area (Å²) in [4.78, 5) is 23.3. The summed E-state index contributed by atoms with van der Waals surface area (Å²) in [5, 5.41) is 3.82. The van der Waals surface area contributed by atoms with Gasteiger partial charge in [-0.05, 0) is 36.8 Å². The van der Waals surface area contributed by atoms with Gasteiger partial charge in [0.05, 0.1) is 12.3 Å². The van der Waals surface area contributed by atoms with E-state index in [1.165, 1.54) is 0 Å². The van der Waals surface area contributed by atoms with E-state index in [0.29, 0.717) is 11.4 Å². The standard InChI is InChI=1S/C19H18N2O3/c1-12(17-11-14-4-2-3-5-16(14)24-17)19(23)21-15-8-6-13(7-9-15)10-18(20)22/h2-9,11-12H,10H2,1H3,(H2,20,22)(H,21,23). The second kappa shape index (κ2) is 6.58. The Kier molecular flexibility index (Phi) is 4.33. The molecule has 1 heterocycles. The van der Waals surface area contributed by atoms with E-state index < -0.39 is 5.92 Å². The van der Waals surface area contributed by atoms with E-state index in [9.17, 15) is 9.59 Å². The van der Waals surface area contributed by atoms with E-state index in [1.54, 1.807) is 31.2 Å². The third kappa shape index (κ3) is 3.46. The van der Waals surface area contributed by atoms with Gasteiger partial charge in [0.15, 0.2) is 0 Å². The Morgan fingerprint density at radius 3 is 2.50 bits per heavy atom. The summed E-state index contributed by atoms with van der Waals surface area (Å²) in [5.74, 6) is -0.330. The van der Waals surface area contributed by atoms with Crippen molar-refractivity contribution in [3.63, 3.8) is 0 Å². The molecule has 0 spiro atoms. The summed E-state index contributed by atoms with van der Waals surface area (Å²) in [6.07, 6.45) is 0.184. The average molecular weight is 322 g/mol. The Balaban J connectivity index is 1.70. The molecular formula is C19H18N2O3. The molecule has 3 aromatic rings. The SMILES string of the molecule is CC(C(=O)Nc1ccc(CC(N)=O)cc1)c1cc2ccccc2o1. The molecular weight excluding hydrogens is 304 g/mol. The van der Waals surface area contributed by atoms with Crippen molar-refractivity contribution in [1.29, 1.82) is 0 Å². The molecule has 3 rings (SSSR count). The van der Waals surface area contributed by atoms with Crippen molar-refractivity contribution in [3.05, 3.63) is 65.9 Å². The predicted octanol–water partition coefficient (Wildman–Crippen LogP) is 3.20. The lowest BCUT2D eigenvalue weighted by Crippen LogP contribution is -2.18. The number of primary amides is 1. The third-order valence-corrected chi connectivity index (χ3v) is 3.86. The molecule has 1 atom stereocenters. The maximum absolute atomic E-state index is 12.4. The van der Waals surface area contributed by atoms with E-state index in [-0.39, 0.29) is 18.2 Å². The minimum atomic E-state index is -0.414. The lowest BCUT2D eigenvalue weighted by Gasteiger charge is -2.10. The lowest BCUT2D eigenvalue weighted by molar-refractivity contribution is -0.118. The number of fused-ring (bicyclic) bond motifs is 1. The molecule has 0 aliphatic rings. The van der Waals surface area contributed by atoms with Crippen LogP contribution in [0.1, 0.15) is 24.2 Å². The van der Waals surface area contributed by atoms with Crippen LogP contribution in [0.15, 0.2) is 59.0 Å². The molecule has 0 aliphatic heterocycles. The zero-order valence-corrected chi connectivity index (χ0v) is 13.3. The molecule has 1 unspecified atom stereocenters. The molecule has 122 valence electrons. The molecule has 0 aliphatic carbocycles. The molecule has 5 nitrogen and oxygen atoms in total. The maximum Gasteiger partial charge on any atom is 0.234 e. The molecule has 5 heteroatoms. The highest BCUT2D eigenvalue weighted by atomic mass is 16.3. The minimum Gasteiger partial charge on any atom is -0.460 e. The summed E-state index contributed by atoms with van der Waals surface area (Å²) in [6, 6.07) is 16.6. The van der Waals surface area contributed by atoms with Gasteiger partial charge in [-0.2, -0.15) is 0 Å². The summed E-state index contributed by atoms with van der Waals surface area (Å²) in [5.41, 5.74) is 7.40. The number of nitrogens with one attached hydrogen (secondary N) is 1. The number of carbonyl (C=O) groups excluding carboxylic acids is 2. The maximum atomic E-state index is 12.4. The Hall–Kier alpha value is -3.08. The van der Waals surface area contributed by atoms with Crippen LogP contribution < -0.4 is 11.1 Å². The molecule has 24 heavy (non-hydrogen) atoms. The van der Waals surface area contributed by atoms with Crippen LogP contribution in [-0.4, -0.2) is 11.8 Å². The molecule has 3 N–H and O–H groups in total. The fourth-order valence-electron chi connectivity index (χ4n) is 2.50. The van der Waals surface area contributed by atoms with Crippen molar-refractivity contribution in [3.8, 4) is 0 Å². The third-order valence-electron chi connectivity index (χ3n) is 3.86. The monoisotopic (exact) mass is 322 g/mol. The van der Waals surface area contributed by atoms with Gasteiger partial charge < -0.3 is 15.5 Å². The first kappa shape index (κ1) is 15.8. The van der Waals surface area contributed by atoms with Gasteiger partial charge in [0.25, 0.3) is 0 Å². The second-order valence-electron chi connectivity index (χ2n) is 5.74. The Morgan fingerprint density at radius 2 is 1.83 bits per heavy atom. The van der Waals surface area contributed by atoms with Gasteiger partial charge in [0.2, 0.25) is 11.8 Å². The summed E-state index contributed by atoms with van der Waals surface area (Å²) < 4.78 is 5.74. The Morgan fingerprint density at radius 1 is 1.12 bits per heavy atom. The van der Waals surface area contributed by atoms with Gasteiger partial charge in [0.1, 0.15) is 11.3 Å². The van der Waals surface area contributed by atoms with Crippen molar-refractivity contribution < 1.29 is 14.0 Å². The molecule has 1 aromatic heterocycles. The number of hydrogen-bond donors (Lipinski definition) is 2. The van der Waals surface area contributed by atoms with Crippen molar-refractivity contribution in [2.75, 3.05) is 5.32 Å². The average Bonchev–Trinajstić information content (AvgIpc) is 2.99. The number of amides is 2. The highest BCUT2D eigenvalue weighted by molar-refractivity contribution is 5.96. The van der Waals surface area contributed by atoms with Crippen LogP contribution in [0.3, 0.4) is 0 Å². The van der Waals surface area contributed by atoms with Gasteiger partial charge in [-0.15, -0.1) is 0 Å². The molecule has 2 amide bonds. The van der Waals surface area contributed by atoms with Gasteiger partial charge in [0, 0.05) is 11.1 Å². The number of anilines is 1. The summed E-state index contributed by atoms with van der Waals surface area (Å²) in [7, 11) is 0. The molecule has 0 fully saturated rings. The summed E-state index contributed by atoms with van der Waals surface area (Å²) in [6.45, 7) is 1.80. The van der Waals surface area contributed by atoms with Crippen LogP contribution in [0.25, 0.3) is 11.0 Å². The molecule has 2 aromatic carbocycles. The van der Waals surface area contributed by atoms with Crippen LogP contribution in [0.4, 0.5) is 5.69 Å². The van der Waals surface area contributed by atoms with Crippen LogP contribution in [0.2, 0.25) is 0 Å². The first-order valence-corrected chi connectivity index (χ1v) is 7.69. The first-order chi connectivity index (χ1) is 11.5. The summed E-state index contributed by atoms with van der Waals surface area (Å²) >= 11 is 0. The number of carbonyl (C=O) groups is 2. The van der Waals surface area contributed by atoms with E-state index in [4.69, 9.17) is 10.2 Å². The number of hydrogen-bond acceptors (Lipinski definition) is 3. The van der Waals surface area contributed by atoms with E-state index in [1.807, 2.05) is 30.3 Å². The van der Waals surface area contributed by atoms with Crippen LogP contribution >= 0.6 is 0 Å². The second-order valence-corrected chi connectivity index (χ2v) is 5.74. The predicted molar refractivity (Wildman–Crippen MR) is 92.6 cm³/mol. The normalized spacial score (nSPS) is 12.0. The zero-order valence-electron chi connectivity index (χ0n) is 13.3. The van der Waals surface area contributed by atoms with E-state index in [2.05, 4.69) is 5.32 Å². The largest absolute Gasteiger partial charge is 0.460 e. The number of rotatable bonds is 5. The molecule has 0 bridgehead atoms. The highest BCUT2D eigenvalue weighted by Gasteiger charge is 2.19. The van der Waals surface area contributed by atoms with Gasteiger partial charge in [-0.3, -0.25) is 9.59 Å². The van der Waals surface area contributed by atoms with Crippen LogP contribution in [0.5, 0.6) is 0 Å². The van der Waals surface area contributed by atoms with Crippen LogP contribution in [0, 0.1) is 0 Å². The van der Waals surface area contributed by atoms with Crippen molar-refractivity contribution in [2.45, 2.75) is 19.3 Å². The smallest absolute Gasteiger partial charge is 0.234 e. The first-order valence-electron chi connectivity index (χ1n) is 7.69. The topological polar surface area (TPSA) is 85.3 Å². The number of benzene rings is 2. The quantitative estimate of drug-likeness (QED) is 0.756. The lowest BCUT2D eigenvalue weighted by atomic mass is 10.1. The van der Waals surface area contributed by atoms with Gasteiger partial charge >= 0.3 is 0 Å². The fraction of sp³-hybridized carbons (Fsp3) is 0.158. The fourth-order valence-corrected chi connectivity index (χ4v) is 2.50. The zero-order chi connectivity index (χ0) is 17.1. The Labute approximate surface area is 139 Å². The number of nitrogens with two attached hydrogens (primary N) is 1. The molecule has 0 saturated heterocycles. The Bertz CT molecular complexity index is 848. The van der Waals surface area contributed by atoms with E-state index in [0.717, 1.165) is 16.5 Å². The highest BCUT2D eigenvalue weighted by Crippen LogP contribution is 2.26.